The Morgan fingerprint density at radius 2 is 1.86 bits per heavy atom. The van der Waals surface area contributed by atoms with Crippen LogP contribution in [-0.2, 0) is 18.3 Å². The number of aromatic carboxylic acids is 1. The summed E-state index contributed by atoms with van der Waals surface area (Å²) in [5.74, 6) is -1.03. The Bertz CT molecular complexity index is 1460. The number of hydrogen-bond donors (Lipinski definition) is 2. The largest absolute Gasteiger partial charge is 0.476 e. The molecule has 5 rings (SSSR count). The zero-order valence-electron chi connectivity index (χ0n) is 25.1. The number of amides is 3. The summed E-state index contributed by atoms with van der Waals surface area (Å²) in [7, 11) is 1.95. The second-order valence-corrected chi connectivity index (χ2v) is 12.4. The van der Waals surface area contributed by atoms with E-state index in [1.807, 2.05) is 60.8 Å². The number of benzene rings is 1. The Hall–Kier alpha value is -3.66. The summed E-state index contributed by atoms with van der Waals surface area (Å²) >= 11 is 0. The fourth-order valence-electron chi connectivity index (χ4n) is 7.01. The highest BCUT2D eigenvalue weighted by Crippen LogP contribution is 2.38. The van der Waals surface area contributed by atoms with Crippen LogP contribution in [0.4, 0.5) is 4.79 Å². The normalized spacial score (nSPS) is 20.4. The molecule has 10 heteroatoms. The van der Waals surface area contributed by atoms with E-state index in [0.717, 1.165) is 55.0 Å². The highest BCUT2D eigenvalue weighted by Gasteiger charge is 2.44. The topological polar surface area (TPSA) is 135 Å². The van der Waals surface area contributed by atoms with Gasteiger partial charge in [0, 0.05) is 43.2 Å². The molecule has 3 N–H and O–H groups in total. The van der Waals surface area contributed by atoms with Crippen molar-refractivity contribution in [3.63, 3.8) is 0 Å². The number of imide groups is 1. The number of urea groups is 1. The van der Waals surface area contributed by atoms with Gasteiger partial charge in [-0.3, -0.25) is 4.79 Å². The van der Waals surface area contributed by atoms with Crippen LogP contribution in [0.25, 0.3) is 10.9 Å². The van der Waals surface area contributed by atoms with E-state index in [1.54, 1.807) is 0 Å². The highest BCUT2D eigenvalue weighted by atomic mass is 16.4. The number of carboxylic acid groups (broad SMARTS) is 1. The van der Waals surface area contributed by atoms with Gasteiger partial charge in [0.15, 0.2) is 5.69 Å². The predicted octanol–water partition coefficient (Wildman–Crippen LogP) is 5.43. The van der Waals surface area contributed by atoms with Crippen LogP contribution in [0.15, 0.2) is 34.9 Å². The molecule has 2 aromatic heterocycles. The first-order valence-electron chi connectivity index (χ1n) is 15.2. The van der Waals surface area contributed by atoms with Crippen molar-refractivity contribution in [2.75, 3.05) is 6.54 Å². The van der Waals surface area contributed by atoms with Crippen molar-refractivity contribution >= 4 is 28.8 Å². The monoisotopic (exact) mass is 577 g/mol. The number of para-hydroxylation sites is 1. The number of hydrogen-bond acceptors (Lipinski definition) is 6. The molecule has 226 valence electrons. The summed E-state index contributed by atoms with van der Waals surface area (Å²) in [6.07, 6.45) is 8.73. The number of carbonyl (C=O) groups is 3. The summed E-state index contributed by atoms with van der Waals surface area (Å²) in [6.45, 7) is 6.07. The zero-order valence-corrected chi connectivity index (χ0v) is 25.1. The third-order valence-electron chi connectivity index (χ3n) is 8.98. The van der Waals surface area contributed by atoms with E-state index in [4.69, 9.17) is 10.2 Å². The maximum Gasteiger partial charge on any atom is 0.358 e. The molecular formula is C32H43N5O5. The Morgan fingerprint density at radius 3 is 2.57 bits per heavy atom. The molecule has 2 aliphatic rings. The van der Waals surface area contributed by atoms with E-state index in [0.29, 0.717) is 18.9 Å². The van der Waals surface area contributed by atoms with Gasteiger partial charge >= 0.3 is 12.0 Å². The third-order valence-corrected chi connectivity index (χ3v) is 8.98. The minimum Gasteiger partial charge on any atom is -0.476 e. The van der Waals surface area contributed by atoms with E-state index in [1.165, 1.54) is 11.8 Å². The van der Waals surface area contributed by atoms with Crippen LogP contribution in [0.3, 0.4) is 0 Å². The van der Waals surface area contributed by atoms with E-state index in [-0.39, 0.29) is 35.7 Å². The Kier molecular flexibility index (Phi) is 8.73. The fourth-order valence-corrected chi connectivity index (χ4v) is 7.01. The number of nitrogens with zero attached hydrogens (tertiary/aromatic N) is 4. The summed E-state index contributed by atoms with van der Waals surface area (Å²) in [6, 6.07) is 5.69. The predicted molar refractivity (Wildman–Crippen MR) is 159 cm³/mol. The molecule has 0 spiro atoms. The Labute approximate surface area is 246 Å². The molecule has 42 heavy (non-hydrogen) atoms. The molecule has 0 bridgehead atoms. The van der Waals surface area contributed by atoms with E-state index in [9.17, 15) is 19.5 Å². The number of rotatable bonds is 8. The second kappa shape index (κ2) is 12.3. The lowest BCUT2D eigenvalue weighted by atomic mass is 9.78. The highest BCUT2D eigenvalue weighted by molar-refractivity contribution is 5.98. The van der Waals surface area contributed by atoms with Crippen molar-refractivity contribution in [2.24, 2.45) is 24.6 Å². The number of oxazole rings is 1. The molecular weight excluding hydrogens is 534 g/mol. The van der Waals surface area contributed by atoms with Gasteiger partial charge in [0.2, 0.25) is 11.8 Å². The van der Waals surface area contributed by atoms with Crippen LogP contribution in [0.5, 0.6) is 0 Å². The molecule has 10 nitrogen and oxygen atoms in total. The molecule has 4 atom stereocenters. The van der Waals surface area contributed by atoms with Gasteiger partial charge in [-0.25, -0.2) is 19.5 Å². The lowest BCUT2D eigenvalue weighted by molar-refractivity contribution is -0.133. The molecule has 2 unspecified atom stereocenters. The van der Waals surface area contributed by atoms with Gasteiger partial charge in [0.05, 0.1) is 6.04 Å². The van der Waals surface area contributed by atoms with Gasteiger partial charge < -0.3 is 24.7 Å². The van der Waals surface area contributed by atoms with E-state index < -0.39 is 30.0 Å². The van der Waals surface area contributed by atoms with Gasteiger partial charge in [-0.1, -0.05) is 44.9 Å². The Morgan fingerprint density at radius 1 is 1.14 bits per heavy atom. The molecule has 1 saturated heterocycles. The first-order valence-corrected chi connectivity index (χ1v) is 15.2. The lowest BCUT2D eigenvalue weighted by Crippen LogP contribution is -2.58. The van der Waals surface area contributed by atoms with Crippen molar-refractivity contribution in [1.29, 1.82) is 0 Å². The van der Waals surface area contributed by atoms with E-state index in [2.05, 4.69) is 4.98 Å². The maximum atomic E-state index is 14.7. The molecule has 3 heterocycles. The van der Waals surface area contributed by atoms with Gasteiger partial charge in [-0.15, -0.1) is 0 Å². The smallest absolute Gasteiger partial charge is 0.358 e. The quantitative estimate of drug-likeness (QED) is 0.364. The summed E-state index contributed by atoms with van der Waals surface area (Å²) in [5.41, 5.74) is 8.16. The van der Waals surface area contributed by atoms with Crippen molar-refractivity contribution in [3.8, 4) is 0 Å². The summed E-state index contributed by atoms with van der Waals surface area (Å²) in [5, 5.41) is 10.7. The van der Waals surface area contributed by atoms with Crippen LogP contribution in [0, 0.1) is 18.8 Å². The number of piperidine rings is 1. The summed E-state index contributed by atoms with van der Waals surface area (Å²) in [4.78, 5) is 48.4. The van der Waals surface area contributed by atoms with Crippen molar-refractivity contribution in [2.45, 2.75) is 90.3 Å². The lowest BCUT2D eigenvalue weighted by Gasteiger charge is -2.46. The van der Waals surface area contributed by atoms with Crippen LogP contribution < -0.4 is 5.73 Å². The van der Waals surface area contributed by atoms with Crippen molar-refractivity contribution in [1.82, 2.24) is 19.4 Å². The van der Waals surface area contributed by atoms with Gasteiger partial charge in [-0.2, -0.15) is 0 Å². The molecule has 2 fully saturated rings. The number of nitrogens with two attached hydrogens (primary N) is 1. The van der Waals surface area contributed by atoms with Crippen molar-refractivity contribution in [3.05, 3.63) is 53.4 Å². The molecule has 3 amide bonds. The second-order valence-electron chi connectivity index (χ2n) is 12.4. The van der Waals surface area contributed by atoms with Crippen LogP contribution in [0.1, 0.15) is 92.5 Å². The molecule has 1 aliphatic carbocycles. The fraction of sp³-hybridized carbons (Fsp3) is 0.562. The van der Waals surface area contributed by atoms with Crippen molar-refractivity contribution < 1.29 is 23.9 Å². The van der Waals surface area contributed by atoms with Crippen LogP contribution >= 0.6 is 0 Å². The number of aromatic nitrogens is 2. The first kappa shape index (κ1) is 29.8. The van der Waals surface area contributed by atoms with Gasteiger partial charge in [0.1, 0.15) is 11.8 Å². The third kappa shape index (κ3) is 5.82. The van der Waals surface area contributed by atoms with Crippen LogP contribution in [0.2, 0.25) is 0 Å². The molecule has 0 radical (unpaired) electrons. The molecule has 3 aromatic rings. The minimum absolute atomic E-state index is 0.0217. The summed E-state index contributed by atoms with van der Waals surface area (Å²) < 4.78 is 7.96. The number of carboxylic acids is 1. The number of carbonyl (C=O) groups excluding carboxylic acids is 2. The maximum absolute atomic E-state index is 14.7. The Balaban J connectivity index is 1.63. The molecule has 1 aromatic carbocycles. The SMILES string of the molecule is Cc1oc([C@@H](Cc2cn(C)c3ccccc23)N(C(=O)[C@@H](N)CC(C)C)C(=O)N2CCCC3CCCCC32)nc1C(=O)O. The number of fused-ring (bicyclic) bond motifs is 2. The molecule has 1 saturated carbocycles. The standard InChI is InChI=1S/C32H43N5O5/c1-19(2)16-24(33)30(38)37(32(41)36-15-9-11-21-10-5-7-13-25(21)36)27(29-34-28(31(39)40)20(3)42-29)17-22-18-35(4)26-14-8-6-12-23(22)26/h6,8,12,14,18-19,21,24-25,27H,5,7,9-11,13,15-17,33H2,1-4H3,(H,39,40)/t21?,24-,25?,27+/m0/s1. The van der Waals surface area contributed by atoms with E-state index >= 15 is 0 Å². The first-order chi connectivity index (χ1) is 20.1. The van der Waals surface area contributed by atoms with Gasteiger partial charge in [0.25, 0.3) is 0 Å². The zero-order chi connectivity index (χ0) is 30.1. The average molecular weight is 578 g/mol. The molecule has 1 aliphatic heterocycles. The van der Waals surface area contributed by atoms with Crippen LogP contribution in [-0.4, -0.2) is 61.0 Å². The average Bonchev–Trinajstić information content (AvgIpc) is 3.51. The number of likely N-dealkylation sites (tertiary alicyclic amines) is 1. The minimum atomic E-state index is -1.23. The van der Waals surface area contributed by atoms with Gasteiger partial charge in [-0.05, 0) is 62.5 Å². The number of aryl methyl sites for hydroxylation is 2.